The second kappa shape index (κ2) is 3.81. The Balaban J connectivity index is 2.63. The van der Waals surface area contributed by atoms with Crippen molar-refractivity contribution in [1.82, 2.24) is 0 Å². The van der Waals surface area contributed by atoms with Gasteiger partial charge in [0.2, 0.25) is 0 Å². The summed E-state index contributed by atoms with van der Waals surface area (Å²) >= 11 is 0. The number of benzene rings is 1. The topological polar surface area (TPSA) is 9.23 Å². The van der Waals surface area contributed by atoms with Gasteiger partial charge in [-0.25, -0.2) is 0 Å². The van der Waals surface area contributed by atoms with Crippen molar-refractivity contribution in [3.05, 3.63) is 42.5 Å². The van der Waals surface area contributed by atoms with Gasteiger partial charge >= 0.3 is 0 Å². The zero-order valence-electron chi connectivity index (χ0n) is 6.63. The van der Waals surface area contributed by atoms with Crippen molar-refractivity contribution in [2.24, 2.45) is 0 Å². The van der Waals surface area contributed by atoms with Gasteiger partial charge in [-0.1, -0.05) is 18.7 Å². The van der Waals surface area contributed by atoms with Crippen LogP contribution in [-0.4, -0.2) is 6.61 Å². The molecule has 1 aromatic carbocycles. The summed E-state index contributed by atoms with van der Waals surface area (Å²) in [5.74, 6) is 0.852. The summed E-state index contributed by atoms with van der Waals surface area (Å²) in [5, 5.41) is 0. The van der Waals surface area contributed by atoms with Crippen LogP contribution in [0, 0.1) is 13.0 Å². The van der Waals surface area contributed by atoms with Crippen LogP contribution in [0.2, 0.25) is 0 Å². The fourth-order valence-electron chi connectivity index (χ4n) is 0.801. The number of rotatable bonds is 3. The quantitative estimate of drug-likeness (QED) is 0.596. The summed E-state index contributed by atoms with van der Waals surface area (Å²) in [4.78, 5) is 0. The van der Waals surface area contributed by atoms with Crippen molar-refractivity contribution < 1.29 is 4.74 Å². The van der Waals surface area contributed by atoms with Crippen molar-refractivity contribution in [2.45, 2.75) is 6.92 Å². The molecule has 11 heavy (non-hydrogen) atoms. The lowest BCUT2D eigenvalue weighted by atomic mass is 10.2. The van der Waals surface area contributed by atoms with Gasteiger partial charge in [0.15, 0.2) is 0 Å². The summed E-state index contributed by atoms with van der Waals surface area (Å²) < 4.78 is 5.29. The zero-order valence-corrected chi connectivity index (χ0v) is 6.63. The van der Waals surface area contributed by atoms with Crippen molar-refractivity contribution in [3.63, 3.8) is 0 Å². The van der Waals surface area contributed by atoms with E-state index in [4.69, 9.17) is 4.74 Å². The number of ether oxygens (including phenoxy) is 1. The van der Waals surface area contributed by atoms with Crippen LogP contribution in [0.25, 0.3) is 0 Å². The van der Waals surface area contributed by atoms with E-state index >= 15 is 0 Å². The molecule has 1 nitrogen and oxygen atoms in total. The van der Waals surface area contributed by atoms with E-state index < -0.39 is 0 Å². The molecule has 0 amide bonds. The zero-order chi connectivity index (χ0) is 8.10. The lowest BCUT2D eigenvalue weighted by Gasteiger charge is -2.02. The first-order valence-corrected chi connectivity index (χ1v) is 3.54. The number of hydrogen-bond donors (Lipinski definition) is 0. The monoisotopic (exact) mass is 147 g/mol. The van der Waals surface area contributed by atoms with Crippen LogP contribution in [0.15, 0.2) is 30.9 Å². The fraction of sp³-hybridized carbons (Fsp3) is 0.200. The molecule has 1 aromatic rings. The molecule has 0 unspecified atom stereocenters. The Morgan fingerprint density at radius 1 is 1.64 bits per heavy atom. The van der Waals surface area contributed by atoms with Gasteiger partial charge in [-0.3, -0.25) is 0 Å². The molecular formula is C10H11O. The van der Waals surface area contributed by atoms with Gasteiger partial charge < -0.3 is 4.74 Å². The molecule has 0 spiro atoms. The molecular weight excluding hydrogens is 136 g/mol. The van der Waals surface area contributed by atoms with Crippen LogP contribution in [0.1, 0.15) is 5.56 Å². The molecule has 1 radical (unpaired) electrons. The highest BCUT2D eigenvalue weighted by Gasteiger charge is 1.90. The molecule has 0 aliphatic carbocycles. The minimum atomic E-state index is 0.553. The SMILES string of the molecule is C=CCOc1c[c]cc(C)c1. The third-order valence-electron chi connectivity index (χ3n) is 1.27. The molecule has 0 aromatic heterocycles. The Kier molecular flexibility index (Phi) is 2.73. The van der Waals surface area contributed by atoms with Crippen LogP contribution in [0.5, 0.6) is 5.75 Å². The van der Waals surface area contributed by atoms with Gasteiger partial charge in [0.1, 0.15) is 12.4 Å². The average molecular weight is 147 g/mol. The molecule has 0 aliphatic heterocycles. The van der Waals surface area contributed by atoms with E-state index in [1.54, 1.807) is 6.08 Å². The highest BCUT2D eigenvalue weighted by molar-refractivity contribution is 5.26. The highest BCUT2D eigenvalue weighted by Crippen LogP contribution is 2.11. The molecule has 0 aliphatic rings. The van der Waals surface area contributed by atoms with Crippen molar-refractivity contribution >= 4 is 0 Å². The van der Waals surface area contributed by atoms with Crippen LogP contribution >= 0.6 is 0 Å². The summed E-state index contributed by atoms with van der Waals surface area (Å²) in [7, 11) is 0. The summed E-state index contributed by atoms with van der Waals surface area (Å²) in [6.45, 7) is 6.13. The lowest BCUT2D eigenvalue weighted by Crippen LogP contribution is -1.92. The second-order valence-electron chi connectivity index (χ2n) is 2.35. The Bertz CT molecular complexity index is 240. The summed E-state index contributed by atoms with van der Waals surface area (Å²) in [5.41, 5.74) is 1.16. The van der Waals surface area contributed by atoms with Crippen LogP contribution in [0.3, 0.4) is 0 Å². The second-order valence-corrected chi connectivity index (χ2v) is 2.35. The molecule has 57 valence electrons. The molecule has 0 heterocycles. The third-order valence-corrected chi connectivity index (χ3v) is 1.27. The maximum absolute atomic E-state index is 5.29. The van der Waals surface area contributed by atoms with Crippen molar-refractivity contribution in [2.75, 3.05) is 6.61 Å². The van der Waals surface area contributed by atoms with Gasteiger partial charge in [0.25, 0.3) is 0 Å². The minimum absolute atomic E-state index is 0.553. The van der Waals surface area contributed by atoms with Crippen molar-refractivity contribution in [3.8, 4) is 5.75 Å². The lowest BCUT2D eigenvalue weighted by molar-refractivity contribution is 0.363. The molecule has 0 atom stereocenters. The molecule has 0 fully saturated rings. The van der Waals surface area contributed by atoms with Crippen LogP contribution in [-0.2, 0) is 0 Å². The molecule has 0 bridgehead atoms. The fourth-order valence-corrected chi connectivity index (χ4v) is 0.801. The Labute approximate surface area is 67.3 Å². The van der Waals surface area contributed by atoms with E-state index in [1.807, 2.05) is 25.1 Å². The molecule has 1 heteroatoms. The van der Waals surface area contributed by atoms with E-state index in [0.29, 0.717) is 6.61 Å². The molecule has 0 saturated heterocycles. The van der Waals surface area contributed by atoms with Gasteiger partial charge in [-0.15, -0.1) is 0 Å². The minimum Gasteiger partial charge on any atom is -0.490 e. The van der Waals surface area contributed by atoms with Crippen LogP contribution < -0.4 is 4.74 Å². The molecule has 1 rings (SSSR count). The first kappa shape index (κ1) is 7.86. The molecule has 0 N–H and O–H groups in total. The largest absolute Gasteiger partial charge is 0.490 e. The van der Waals surface area contributed by atoms with Crippen LogP contribution in [0.4, 0.5) is 0 Å². The normalized spacial score (nSPS) is 9.18. The predicted molar refractivity (Wildman–Crippen MR) is 45.7 cm³/mol. The van der Waals surface area contributed by atoms with Gasteiger partial charge in [0.05, 0.1) is 0 Å². The number of hydrogen-bond acceptors (Lipinski definition) is 1. The summed E-state index contributed by atoms with van der Waals surface area (Å²) in [6.07, 6.45) is 1.72. The standard InChI is InChI=1S/C10H11O/c1-3-7-11-10-6-4-5-9(2)8-10/h3,5-6,8H,1,7H2,2H3. The van der Waals surface area contributed by atoms with E-state index in [0.717, 1.165) is 11.3 Å². The third kappa shape index (κ3) is 2.46. The maximum Gasteiger partial charge on any atom is 0.120 e. The van der Waals surface area contributed by atoms with Gasteiger partial charge in [-0.2, -0.15) is 0 Å². The van der Waals surface area contributed by atoms with E-state index in [2.05, 4.69) is 12.6 Å². The highest BCUT2D eigenvalue weighted by atomic mass is 16.5. The smallest absolute Gasteiger partial charge is 0.120 e. The van der Waals surface area contributed by atoms with Gasteiger partial charge in [0, 0.05) is 0 Å². The average Bonchev–Trinajstić information content (AvgIpc) is 2.01. The van der Waals surface area contributed by atoms with Gasteiger partial charge in [-0.05, 0) is 30.7 Å². The summed E-state index contributed by atoms with van der Waals surface area (Å²) in [6, 6.07) is 8.68. The maximum atomic E-state index is 5.29. The predicted octanol–water partition coefficient (Wildman–Crippen LogP) is 2.36. The Morgan fingerprint density at radius 3 is 3.09 bits per heavy atom. The molecule has 0 saturated carbocycles. The Morgan fingerprint density at radius 2 is 2.45 bits per heavy atom. The van der Waals surface area contributed by atoms with E-state index in [9.17, 15) is 0 Å². The van der Waals surface area contributed by atoms with E-state index in [-0.39, 0.29) is 0 Å². The number of aryl methyl sites for hydroxylation is 1. The first-order chi connectivity index (χ1) is 5.33. The van der Waals surface area contributed by atoms with Crippen molar-refractivity contribution in [1.29, 1.82) is 0 Å². The Hall–Kier alpha value is -1.24. The van der Waals surface area contributed by atoms with E-state index in [1.165, 1.54) is 0 Å². The first-order valence-electron chi connectivity index (χ1n) is 3.54.